The van der Waals surface area contributed by atoms with E-state index >= 15 is 0 Å². The maximum absolute atomic E-state index is 12.1. The van der Waals surface area contributed by atoms with Crippen molar-refractivity contribution in [1.29, 1.82) is 0 Å². The van der Waals surface area contributed by atoms with E-state index < -0.39 is 10.0 Å². The highest BCUT2D eigenvalue weighted by Gasteiger charge is 2.12. The summed E-state index contributed by atoms with van der Waals surface area (Å²) in [4.78, 5) is 8.42. The molecular weight excluding hydrogens is 415 g/mol. The normalized spacial score (nSPS) is 10.6. The molecule has 22 heavy (non-hydrogen) atoms. The summed E-state index contributed by atoms with van der Waals surface area (Å²) in [6, 6.07) is 6.77. The molecule has 126 valence electrons. The fourth-order valence-corrected chi connectivity index (χ4v) is 2.84. The third-order valence-corrected chi connectivity index (χ3v) is 4.27. The predicted molar refractivity (Wildman–Crippen MR) is 101 cm³/mol. The number of hydrogen-bond donors (Lipinski definition) is 1. The molecule has 0 saturated carbocycles. The highest BCUT2D eigenvalue weighted by molar-refractivity contribution is 14.0. The second kappa shape index (κ2) is 9.31. The van der Waals surface area contributed by atoms with Crippen molar-refractivity contribution in [2.24, 2.45) is 4.99 Å². The van der Waals surface area contributed by atoms with Crippen molar-refractivity contribution in [2.45, 2.75) is 11.8 Å². The maximum Gasteiger partial charge on any atom is 0.240 e. The molecule has 6 nitrogen and oxygen atoms in total. The Bertz CT molecular complexity index is 573. The Hall–Kier alpha value is -0.870. The van der Waals surface area contributed by atoms with Gasteiger partial charge in [0.05, 0.1) is 11.4 Å². The Morgan fingerprint density at radius 2 is 1.59 bits per heavy atom. The summed E-state index contributed by atoms with van der Waals surface area (Å²) in [6.45, 7) is 2.57. The van der Waals surface area contributed by atoms with E-state index in [1.165, 1.54) is 0 Å². The van der Waals surface area contributed by atoms with E-state index in [2.05, 4.69) is 9.71 Å². The van der Waals surface area contributed by atoms with Crippen LogP contribution in [-0.2, 0) is 10.0 Å². The molecule has 0 fully saturated rings. The van der Waals surface area contributed by atoms with E-state index in [1.54, 1.807) is 24.3 Å². The first-order chi connectivity index (χ1) is 9.74. The zero-order valence-electron chi connectivity index (χ0n) is 13.7. The first kappa shape index (κ1) is 21.1. The van der Waals surface area contributed by atoms with Crippen LogP contribution in [0.5, 0.6) is 0 Å². The molecule has 0 amide bonds. The lowest BCUT2D eigenvalue weighted by Gasteiger charge is -2.22. The molecule has 0 heterocycles. The van der Waals surface area contributed by atoms with Crippen LogP contribution in [0.4, 0.5) is 0 Å². The minimum absolute atomic E-state index is 0. The second-order valence-electron chi connectivity index (χ2n) is 5.18. The van der Waals surface area contributed by atoms with Crippen LogP contribution < -0.4 is 4.72 Å². The van der Waals surface area contributed by atoms with Gasteiger partial charge in [0.25, 0.3) is 0 Å². The smallest absolute Gasteiger partial charge is 0.240 e. The molecule has 0 bridgehead atoms. The van der Waals surface area contributed by atoms with Crippen molar-refractivity contribution in [3.8, 4) is 0 Å². The van der Waals surface area contributed by atoms with Gasteiger partial charge in [-0.2, -0.15) is 0 Å². The van der Waals surface area contributed by atoms with Gasteiger partial charge in [0.1, 0.15) is 0 Å². The van der Waals surface area contributed by atoms with Crippen LogP contribution in [0.3, 0.4) is 0 Å². The number of hydrogen-bond acceptors (Lipinski definition) is 3. The van der Waals surface area contributed by atoms with Gasteiger partial charge in [0.2, 0.25) is 10.0 Å². The molecule has 1 aromatic rings. The Balaban J connectivity index is 0.00000441. The number of aryl methyl sites for hydroxylation is 1. The number of guanidine groups is 1. The van der Waals surface area contributed by atoms with E-state index in [-0.39, 0.29) is 35.4 Å². The second-order valence-corrected chi connectivity index (χ2v) is 6.95. The van der Waals surface area contributed by atoms with Crippen LogP contribution in [0.25, 0.3) is 0 Å². The number of aliphatic imine (C=N–C) groups is 1. The van der Waals surface area contributed by atoms with Crippen LogP contribution >= 0.6 is 24.0 Å². The molecule has 0 saturated heterocycles. The highest BCUT2D eigenvalue weighted by Crippen LogP contribution is 2.09. The third-order valence-electron chi connectivity index (χ3n) is 2.79. The SMILES string of the molecule is Cc1ccc(S(=O)(=O)NCCN=C(N(C)C)N(C)C)cc1.I. The largest absolute Gasteiger partial charge is 0.349 e. The Morgan fingerprint density at radius 1 is 1.09 bits per heavy atom. The Labute approximate surface area is 150 Å². The van der Waals surface area contributed by atoms with Gasteiger partial charge in [0.15, 0.2) is 5.96 Å². The van der Waals surface area contributed by atoms with Crippen molar-refractivity contribution in [2.75, 3.05) is 41.3 Å². The van der Waals surface area contributed by atoms with Crippen molar-refractivity contribution >= 4 is 40.0 Å². The van der Waals surface area contributed by atoms with Crippen LogP contribution in [0.1, 0.15) is 5.56 Å². The topological polar surface area (TPSA) is 65.0 Å². The highest BCUT2D eigenvalue weighted by atomic mass is 127. The van der Waals surface area contributed by atoms with Crippen LogP contribution in [0, 0.1) is 6.92 Å². The van der Waals surface area contributed by atoms with Crippen molar-refractivity contribution in [1.82, 2.24) is 14.5 Å². The standard InChI is InChI=1S/C14H24N4O2S.HI/c1-12-6-8-13(9-7-12)21(19,20)16-11-10-15-14(17(2)3)18(4)5;/h6-9,16H,10-11H2,1-5H3;1H. The lowest BCUT2D eigenvalue weighted by molar-refractivity contribution is 0.479. The quantitative estimate of drug-likeness (QED) is 0.325. The monoisotopic (exact) mass is 440 g/mol. The number of benzene rings is 1. The fraction of sp³-hybridized carbons (Fsp3) is 0.500. The lowest BCUT2D eigenvalue weighted by atomic mass is 10.2. The van der Waals surface area contributed by atoms with Crippen LogP contribution in [-0.4, -0.2) is 65.5 Å². The minimum atomic E-state index is -3.46. The Morgan fingerprint density at radius 3 is 2.05 bits per heavy atom. The molecule has 1 rings (SSSR count). The number of sulfonamides is 1. The zero-order chi connectivity index (χ0) is 16.0. The first-order valence-electron chi connectivity index (χ1n) is 6.69. The molecule has 0 aromatic heterocycles. The van der Waals surface area contributed by atoms with Gasteiger partial charge >= 0.3 is 0 Å². The summed E-state index contributed by atoms with van der Waals surface area (Å²) < 4.78 is 26.7. The van der Waals surface area contributed by atoms with E-state index in [4.69, 9.17) is 0 Å². The van der Waals surface area contributed by atoms with Gasteiger partial charge in [-0.3, -0.25) is 4.99 Å². The molecule has 0 unspecified atom stereocenters. The number of halogens is 1. The summed E-state index contributed by atoms with van der Waals surface area (Å²) in [6.07, 6.45) is 0. The van der Waals surface area contributed by atoms with Crippen molar-refractivity contribution < 1.29 is 8.42 Å². The molecule has 0 aliphatic carbocycles. The summed E-state index contributed by atoms with van der Waals surface area (Å²) >= 11 is 0. The molecule has 0 radical (unpaired) electrons. The molecule has 1 aromatic carbocycles. The fourth-order valence-electron chi connectivity index (χ4n) is 1.82. The summed E-state index contributed by atoms with van der Waals surface area (Å²) in [5, 5.41) is 0. The lowest BCUT2D eigenvalue weighted by Crippen LogP contribution is -2.36. The Kier molecular flexibility index (Phi) is 8.94. The van der Waals surface area contributed by atoms with E-state index in [1.807, 2.05) is 44.9 Å². The van der Waals surface area contributed by atoms with Gasteiger partial charge in [-0.1, -0.05) is 17.7 Å². The van der Waals surface area contributed by atoms with E-state index in [0.717, 1.165) is 11.5 Å². The molecule has 0 aliphatic rings. The molecule has 0 atom stereocenters. The predicted octanol–water partition coefficient (Wildman–Crippen LogP) is 1.37. The third kappa shape index (κ3) is 6.49. The minimum Gasteiger partial charge on any atom is -0.349 e. The van der Waals surface area contributed by atoms with Gasteiger partial charge in [-0.15, -0.1) is 24.0 Å². The van der Waals surface area contributed by atoms with Gasteiger partial charge < -0.3 is 9.80 Å². The first-order valence-corrected chi connectivity index (χ1v) is 8.18. The zero-order valence-corrected chi connectivity index (χ0v) is 16.8. The van der Waals surface area contributed by atoms with Gasteiger partial charge in [-0.05, 0) is 19.1 Å². The number of nitrogens with zero attached hydrogens (tertiary/aromatic N) is 3. The van der Waals surface area contributed by atoms with E-state index in [9.17, 15) is 8.42 Å². The van der Waals surface area contributed by atoms with Gasteiger partial charge in [-0.25, -0.2) is 13.1 Å². The van der Waals surface area contributed by atoms with Crippen molar-refractivity contribution in [3.05, 3.63) is 29.8 Å². The number of nitrogens with one attached hydrogen (secondary N) is 1. The number of rotatable bonds is 5. The van der Waals surface area contributed by atoms with Crippen LogP contribution in [0.2, 0.25) is 0 Å². The summed E-state index contributed by atoms with van der Waals surface area (Å²) in [5.41, 5.74) is 1.03. The molecule has 1 N–H and O–H groups in total. The van der Waals surface area contributed by atoms with Crippen molar-refractivity contribution in [3.63, 3.8) is 0 Å². The average Bonchev–Trinajstić information content (AvgIpc) is 2.37. The van der Waals surface area contributed by atoms with Crippen LogP contribution in [0.15, 0.2) is 34.2 Å². The summed E-state index contributed by atoms with van der Waals surface area (Å²) in [5.74, 6) is 0.796. The maximum atomic E-state index is 12.1. The summed E-state index contributed by atoms with van der Waals surface area (Å²) in [7, 11) is 4.13. The molecule has 8 heteroatoms. The van der Waals surface area contributed by atoms with E-state index in [0.29, 0.717) is 6.54 Å². The molecule has 0 spiro atoms. The average molecular weight is 440 g/mol. The molecular formula is C14H25IN4O2S. The molecule has 0 aliphatic heterocycles. The van der Waals surface area contributed by atoms with Gasteiger partial charge in [0, 0.05) is 34.7 Å².